The molecule has 1 N–H and O–H groups in total. The van der Waals surface area contributed by atoms with Gasteiger partial charge < -0.3 is 5.32 Å². The summed E-state index contributed by atoms with van der Waals surface area (Å²) >= 11 is 1.21. The van der Waals surface area contributed by atoms with E-state index in [9.17, 15) is 14.0 Å². The highest BCUT2D eigenvalue weighted by Gasteiger charge is 2.24. The van der Waals surface area contributed by atoms with E-state index >= 15 is 0 Å². The van der Waals surface area contributed by atoms with Crippen LogP contribution < -0.4 is 11.0 Å². The fourth-order valence-corrected chi connectivity index (χ4v) is 3.72. The number of hydrogen-bond donors (Lipinski definition) is 1. The van der Waals surface area contributed by atoms with Crippen molar-refractivity contribution in [2.45, 2.75) is 0 Å². The molecule has 1 saturated heterocycles. The lowest BCUT2D eigenvalue weighted by Crippen LogP contribution is -2.19. The van der Waals surface area contributed by atoms with Crippen LogP contribution in [0.1, 0.15) is 5.56 Å². The van der Waals surface area contributed by atoms with E-state index in [1.807, 2.05) is 18.2 Å². The molecule has 2 heterocycles. The maximum atomic E-state index is 13.0. The Morgan fingerprint density at radius 2 is 1.74 bits per heavy atom. The highest BCUT2D eigenvalue weighted by molar-refractivity contribution is 8.18. The van der Waals surface area contributed by atoms with Crippen LogP contribution in [0.5, 0.6) is 0 Å². The molecule has 0 radical (unpaired) electrons. The van der Waals surface area contributed by atoms with Crippen LogP contribution in [0.3, 0.4) is 0 Å². The minimum Gasteiger partial charge on any atom is -0.300 e. The Morgan fingerprint density at radius 1 is 1.04 bits per heavy atom. The Morgan fingerprint density at radius 3 is 2.48 bits per heavy atom. The van der Waals surface area contributed by atoms with Gasteiger partial charge in [0, 0.05) is 14.1 Å². The molecule has 1 aliphatic rings. The number of hydrogen-bond acceptors (Lipinski definition) is 4. The minimum absolute atomic E-state index is 0.100. The van der Waals surface area contributed by atoms with Crippen LogP contribution in [0.4, 0.5) is 10.1 Å². The molecule has 0 aliphatic carbocycles. The predicted octanol–water partition coefficient (Wildman–Crippen LogP) is 2.91. The molecule has 4 rings (SSSR count). The summed E-state index contributed by atoms with van der Waals surface area (Å²) in [4.78, 5) is 29.1. The average Bonchev–Trinajstić information content (AvgIpc) is 3.10. The third-order valence-corrected chi connectivity index (χ3v) is 5.21. The number of amides is 1. The van der Waals surface area contributed by atoms with Crippen molar-refractivity contribution in [3.63, 3.8) is 0 Å². The van der Waals surface area contributed by atoms with Gasteiger partial charge in [0.25, 0.3) is 5.91 Å². The molecule has 136 valence electrons. The summed E-state index contributed by atoms with van der Waals surface area (Å²) in [7, 11) is 3.44. The zero-order chi connectivity index (χ0) is 19.1. The van der Waals surface area contributed by atoms with Crippen LogP contribution in [-0.2, 0) is 18.9 Å². The number of benzene rings is 2. The van der Waals surface area contributed by atoms with Gasteiger partial charge in [0.05, 0.1) is 21.6 Å². The van der Waals surface area contributed by atoms with Crippen molar-refractivity contribution in [1.29, 1.82) is 0 Å². The van der Waals surface area contributed by atoms with Gasteiger partial charge in [-0.2, -0.15) is 0 Å². The van der Waals surface area contributed by atoms with Crippen molar-refractivity contribution in [3.8, 4) is 0 Å². The van der Waals surface area contributed by atoms with Gasteiger partial charge >= 0.3 is 5.69 Å². The first kappa shape index (κ1) is 17.3. The number of fused-ring (bicyclic) bond motifs is 1. The second-order valence-corrected chi connectivity index (χ2v) is 7.14. The minimum atomic E-state index is -0.339. The highest BCUT2D eigenvalue weighted by atomic mass is 32.2. The SMILES string of the molecule is Cn1c(=O)n(C)c2cc(/C=C3/SC(=Nc4ccc(F)cc4)NC3=O)ccc21. The van der Waals surface area contributed by atoms with Crippen LogP contribution in [-0.4, -0.2) is 20.2 Å². The number of imidazole rings is 1. The van der Waals surface area contributed by atoms with Gasteiger partial charge in [-0.3, -0.25) is 13.9 Å². The molecule has 0 saturated carbocycles. The maximum absolute atomic E-state index is 13.0. The predicted molar refractivity (Wildman–Crippen MR) is 105 cm³/mol. The molecule has 2 aromatic carbocycles. The van der Waals surface area contributed by atoms with E-state index in [1.54, 1.807) is 41.4 Å². The lowest BCUT2D eigenvalue weighted by molar-refractivity contribution is -0.115. The Balaban J connectivity index is 1.65. The Bertz CT molecular complexity index is 1190. The summed E-state index contributed by atoms with van der Waals surface area (Å²) in [6.45, 7) is 0. The number of aromatic nitrogens is 2. The lowest BCUT2D eigenvalue weighted by Gasteiger charge is -1.99. The lowest BCUT2D eigenvalue weighted by atomic mass is 10.2. The topological polar surface area (TPSA) is 68.4 Å². The van der Waals surface area contributed by atoms with E-state index in [0.717, 1.165) is 16.6 Å². The monoisotopic (exact) mass is 382 g/mol. The summed E-state index contributed by atoms with van der Waals surface area (Å²) in [5.74, 6) is -0.587. The second-order valence-electron chi connectivity index (χ2n) is 6.11. The van der Waals surface area contributed by atoms with E-state index in [4.69, 9.17) is 0 Å². The van der Waals surface area contributed by atoms with Crippen LogP contribution in [0, 0.1) is 5.82 Å². The molecule has 0 bridgehead atoms. The zero-order valence-electron chi connectivity index (χ0n) is 14.6. The molecular weight excluding hydrogens is 367 g/mol. The van der Waals surface area contributed by atoms with Gasteiger partial charge in [0.15, 0.2) is 5.17 Å². The number of rotatable bonds is 2. The summed E-state index contributed by atoms with van der Waals surface area (Å²) in [6.07, 6.45) is 1.75. The van der Waals surface area contributed by atoms with Crippen LogP contribution in [0.2, 0.25) is 0 Å². The first-order chi connectivity index (χ1) is 12.9. The highest BCUT2D eigenvalue weighted by Crippen LogP contribution is 2.28. The number of aliphatic imine (C=N–C) groups is 1. The Hall–Kier alpha value is -3.13. The third-order valence-electron chi connectivity index (χ3n) is 4.30. The maximum Gasteiger partial charge on any atom is 0.328 e. The third kappa shape index (κ3) is 3.19. The standard InChI is InChI=1S/C19H15FN4O2S/c1-23-14-8-3-11(9-15(14)24(2)19(23)26)10-16-17(25)22-18(27-16)21-13-6-4-12(20)5-7-13/h3-10H,1-2H3,(H,21,22,25)/b16-10+. The Kier molecular flexibility index (Phi) is 4.19. The van der Waals surface area contributed by atoms with E-state index in [0.29, 0.717) is 15.8 Å². The largest absolute Gasteiger partial charge is 0.328 e. The molecule has 1 amide bonds. The number of carbonyl (C=O) groups is 1. The first-order valence-electron chi connectivity index (χ1n) is 8.13. The van der Waals surface area contributed by atoms with Crippen LogP contribution >= 0.6 is 11.8 Å². The van der Waals surface area contributed by atoms with E-state index < -0.39 is 0 Å². The molecule has 0 spiro atoms. The molecule has 1 fully saturated rings. The van der Waals surface area contributed by atoms with Crippen molar-refractivity contribution in [2.75, 3.05) is 0 Å². The zero-order valence-corrected chi connectivity index (χ0v) is 15.4. The summed E-state index contributed by atoms with van der Waals surface area (Å²) < 4.78 is 16.1. The normalized spacial score (nSPS) is 17.2. The molecule has 27 heavy (non-hydrogen) atoms. The molecule has 1 aliphatic heterocycles. The van der Waals surface area contributed by atoms with E-state index in [2.05, 4.69) is 10.3 Å². The van der Waals surface area contributed by atoms with Gasteiger partial charge in [-0.05, 0) is 59.8 Å². The fraction of sp³-hybridized carbons (Fsp3) is 0.105. The summed E-state index contributed by atoms with van der Waals surface area (Å²) in [5.41, 5.74) is 2.88. The summed E-state index contributed by atoms with van der Waals surface area (Å²) in [5, 5.41) is 3.14. The number of halogens is 1. The average molecular weight is 382 g/mol. The van der Waals surface area contributed by atoms with Crippen LogP contribution in [0.15, 0.2) is 57.2 Å². The number of carbonyl (C=O) groups excluding carboxylic acids is 1. The quantitative estimate of drug-likeness (QED) is 0.693. The van der Waals surface area contributed by atoms with Crippen molar-refractivity contribution in [2.24, 2.45) is 19.1 Å². The molecule has 0 unspecified atom stereocenters. The molecule has 8 heteroatoms. The van der Waals surface area contributed by atoms with Crippen molar-refractivity contribution >= 4 is 45.6 Å². The smallest absolute Gasteiger partial charge is 0.300 e. The second kappa shape index (κ2) is 6.55. The van der Waals surface area contributed by atoms with Gasteiger partial charge in [-0.25, -0.2) is 14.2 Å². The Labute approximate surface area is 158 Å². The number of amidine groups is 1. The van der Waals surface area contributed by atoms with Crippen molar-refractivity contribution in [3.05, 3.63) is 69.2 Å². The number of thioether (sulfide) groups is 1. The van der Waals surface area contributed by atoms with Gasteiger partial charge in [-0.1, -0.05) is 6.07 Å². The number of nitrogens with zero attached hydrogens (tertiary/aromatic N) is 3. The van der Waals surface area contributed by atoms with Gasteiger partial charge in [0.2, 0.25) is 0 Å². The van der Waals surface area contributed by atoms with E-state index in [1.165, 1.54) is 23.9 Å². The van der Waals surface area contributed by atoms with Crippen molar-refractivity contribution in [1.82, 2.24) is 14.5 Å². The molecule has 1 aromatic heterocycles. The first-order valence-corrected chi connectivity index (χ1v) is 8.94. The molecule has 6 nitrogen and oxygen atoms in total. The van der Waals surface area contributed by atoms with E-state index in [-0.39, 0.29) is 17.4 Å². The molecule has 0 atom stereocenters. The fourth-order valence-electron chi connectivity index (χ4n) is 2.88. The van der Waals surface area contributed by atoms with Gasteiger partial charge in [0.1, 0.15) is 5.82 Å². The molecule has 3 aromatic rings. The molecular formula is C19H15FN4O2S. The van der Waals surface area contributed by atoms with Gasteiger partial charge in [-0.15, -0.1) is 0 Å². The van der Waals surface area contributed by atoms with Crippen LogP contribution in [0.25, 0.3) is 17.1 Å². The van der Waals surface area contributed by atoms with Crippen molar-refractivity contribution < 1.29 is 9.18 Å². The number of nitrogens with one attached hydrogen (secondary N) is 1. The summed E-state index contributed by atoms with van der Waals surface area (Å²) in [6, 6.07) is 11.3. The number of aryl methyl sites for hydroxylation is 2.